The lowest BCUT2D eigenvalue weighted by Crippen LogP contribution is -2.45. The van der Waals surface area contributed by atoms with Crippen LogP contribution in [0.1, 0.15) is 49.0 Å². The molecular formula is C12H19N3OS. The Morgan fingerprint density at radius 3 is 2.94 bits per heavy atom. The van der Waals surface area contributed by atoms with E-state index in [4.69, 9.17) is 0 Å². The number of nitrogens with zero attached hydrogens (tertiary/aromatic N) is 1. The van der Waals surface area contributed by atoms with Gasteiger partial charge in [-0.25, -0.2) is 9.78 Å². The van der Waals surface area contributed by atoms with Gasteiger partial charge in [0.2, 0.25) is 0 Å². The maximum atomic E-state index is 11.7. The van der Waals surface area contributed by atoms with Crippen molar-refractivity contribution in [2.24, 2.45) is 0 Å². The van der Waals surface area contributed by atoms with Crippen molar-refractivity contribution in [2.75, 3.05) is 0 Å². The molecule has 94 valence electrons. The van der Waals surface area contributed by atoms with Crippen molar-refractivity contribution in [3.05, 3.63) is 16.1 Å². The smallest absolute Gasteiger partial charge is 0.315 e. The van der Waals surface area contributed by atoms with Gasteiger partial charge < -0.3 is 10.6 Å². The molecule has 0 radical (unpaired) electrons. The number of aryl methyl sites for hydroxylation is 1. The fourth-order valence-electron chi connectivity index (χ4n) is 1.72. The van der Waals surface area contributed by atoms with Gasteiger partial charge in [-0.2, -0.15) is 0 Å². The zero-order chi connectivity index (χ0) is 12.3. The van der Waals surface area contributed by atoms with Crippen LogP contribution in [0.4, 0.5) is 4.79 Å². The Balaban J connectivity index is 1.82. The van der Waals surface area contributed by atoms with E-state index in [1.54, 1.807) is 11.3 Å². The summed E-state index contributed by atoms with van der Waals surface area (Å²) in [7, 11) is 0. The number of thiazole rings is 1. The van der Waals surface area contributed by atoms with Crippen LogP contribution in [0.5, 0.6) is 0 Å². The van der Waals surface area contributed by atoms with Crippen molar-refractivity contribution in [1.82, 2.24) is 15.6 Å². The first-order valence-corrected chi connectivity index (χ1v) is 7.02. The zero-order valence-corrected chi connectivity index (χ0v) is 11.1. The van der Waals surface area contributed by atoms with E-state index in [-0.39, 0.29) is 12.1 Å². The average Bonchev–Trinajstić information content (AvgIpc) is 2.72. The van der Waals surface area contributed by atoms with Crippen molar-refractivity contribution in [1.29, 1.82) is 0 Å². The molecule has 4 nitrogen and oxygen atoms in total. The van der Waals surface area contributed by atoms with Gasteiger partial charge in [0.15, 0.2) is 0 Å². The van der Waals surface area contributed by atoms with Crippen molar-refractivity contribution < 1.29 is 4.79 Å². The predicted octanol–water partition coefficient (Wildman–Crippen LogP) is 2.62. The minimum atomic E-state index is -0.0737. The summed E-state index contributed by atoms with van der Waals surface area (Å²) >= 11 is 1.67. The van der Waals surface area contributed by atoms with Crippen LogP contribution >= 0.6 is 11.3 Å². The van der Waals surface area contributed by atoms with Crippen molar-refractivity contribution in [3.8, 4) is 0 Å². The van der Waals surface area contributed by atoms with E-state index in [9.17, 15) is 4.79 Å². The molecule has 1 heterocycles. The van der Waals surface area contributed by atoms with Gasteiger partial charge in [0.1, 0.15) is 5.01 Å². The molecule has 1 aliphatic rings. The Labute approximate surface area is 106 Å². The Morgan fingerprint density at radius 1 is 1.65 bits per heavy atom. The molecule has 0 saturated heterocycles. The number of nitrogens with one attached hydrogen (secondary N) is 2. The number of hydrogen-bond acceptors (Lipinski definition) is 3. The second-order valence-electron chi connectivity index (χ2n) is 4.49. The number of carbonyl (C=O) groups excluding carboxylic acids is 1. The molecule has 1 saturated carbocycles. The van der Waals surface area contributed by atoms with Gasteiger partial charge in [0.25, 0.3) is 0 Å². The number of urea groups is 1. The number of rotatable bonds is 4. The summed E-state index contributed by atoms with van der Waals surface area (Å²) in [6, 6.07) is 0.292. The fourth-order valence-corrected chi connectivity index (χ4v) is 2.58. The Morgan fingerprint density at radius 2 is 2.41 bits per heavy atom. The molecule has 2 amide bonds. The minimum Gasteiger partial charge on any atom is -0.335 e. The normalized spacial score (nSPS) is 17.3. The summed E-state index contributed by atoms with van der Waals surface area (Å²) in [6.07, 6.45) is 6.34. The van der Waals surface area contributed by atoms with Crippen LogP contribution < -0.4 is 10.6 Å². The predicted molar refractivity (Wildman–Crippen MR) is 69.2 cm³/mol. The maximum absolute atomic E-state index is 11.7. The highest BCUT2D eigenvalue weighted by Gasteiger charge is 2.20. The van der Waals surface area contributed by atoms with E-state index < -0.39 is 0 Å². The van der Waals surface area contributed by atoms with Gasteiger partial charge in [-0.3, -0.25) is 0 Å². The monoisotopic (exact) mass is 253 g/mol. The van der Waals surface area contributed by atoms with Gasteiger partial charge in [0.05, 0.1) is 6.04 Å². The van der Waals surface area contributed by atoms with Crippen LogP contribution in [0.2, 0.25) is 0 Å². The first-order chi connectivity index (χ1) is 8.19. The van der Waals surface area contributed by atoms with Crippen LogP contribution in [0.15, 0.2) is 6.20 Å². The van der Waals surface area contributed by atoms with Crippen LogP contribution in [-0.4, -0.2) is 17.1 Å². The highest BCUT2D eigenvalue weighted by Crippen LogP contribution is 2.21. The van der Waals surface area contributed by atoms with Crippen LogP contribution in [0.3, 0.4) is 0 Å². The van der Waals surface area contributed by atoms with Crippen LogP contribution in [-0.2, 0) is 6.42 Å². The second-order valence-corrected chi connectivity index (χ2v) is 5.63. The second kappa shape index (κ2) is 5.49. The molecular weight excluding hydrogens is 234 g/mol. The topological polar surface area (TPSA) is 54.0 Å². The zero-order valence-electron chi connectivity index (χ0n) is 10.3. The molecule has 1 fully saturated rings. The third-order valence-electron chi connectivity index (χ3n) is 3.08. The van der Waals surface area contributed by atoms with Crippen molar-refractivity contribution in [3.63, 3.8) is 0 Å². The SMILES string of the molecule is CCc1cnc(C(C)NC(=O)NC2CCC2)s1. The lowest BCUT2D eigenvalue weighted by Gasteiger charge is -2.27. The molecule has 5 heteroatoms. The van der Waals surface area contributed by atoms with Gasteiger partial charge >= 0.3 is 6.03 Å². The summed E-state index contributed by atoms with van der Waals surface area (Å²) in [5.74, 6) is 0. The number of amides is 2. The number of aromatic nitrogens is 1. The van der Waals surface area contributed by atoms with E-state index in [2.05, 4.69) is 22.5 Å². The Hall–Kier alpha value is -1.10. The van der Waals surface area contributed by atoms with Crippen molar-refractivity contribution in [2.45, 2.75) is 51.6 Å². The molecule has 1 atom stereocenters. The summed E-state index contributed by atoms with van der Waals surface area (Å²) in [5.41, 5.74) is 0. The Kier molecular flexibility index (Phi) is 3.99. The lowest BCUT2D eigenvalue weighted by atomic mass is 9.93. The summed E-state index contributed by atoms with van der Waals surface area (Å²) < 4.78 is 0. The van der Waals surface area contributed by atoms with Crippen LogP contribution in [0, 0.1) is 0 Å². The van der Waals surface area contributed by atoms with Gasteiger partial charge in [-0.1, -0.05) is 6.92 Å². The average molecular weight is 253 g/mol. The molecule has 0 spiro atoms. The largest absolute Gasteiger partial charge is 0.335 e. The van der Waals surface area contributed by atoms with E-state index in [1.807, 2.05) is 13.1 Å². The molecule has 1 aromatic heterocycles. The van der Waals surface area contributed by atoms with Crippen molar-refractivity contribution >= 4 is 17.4 Å². The molecule has 2 N–H and O–H groups in total. The van der Waals surface area contributed by atoms with E-state index in [0.29, 0.717) is 6.04 Å². The number of carbonyl (C=O) groups is 1. The van der Waals surface area contributed by atoms with Gasteiger partial charge in [-0.05, 0) is 32.6 Å². The molecule has 1 aliphatic carbocycles. The number of hydrogen-bond donors (Lipinski definition) is 2. The minimum absolute atomic E-state index is 0.0135. The molecule has 0 aliphatic heterocycles. The van der Waals surface area contributed by atoms with Gasteiger partial charge in [0, 0.05) is 17.1 Å². The molecule has 17 heavy (non-hydrogen) atoms. The standard InChI is InChI=1S/C12H19N3OS/c1-3-10-7-13-11(17-10)8(2)14-12(16)15-9-5-4-6-9/h7-9H,3-6H2,1-2H3,(H2,14,15,16). The lowest BCUT2D eigenvalue weighted by molar-refractivity contribution is 0.225. The quantitative estimate of drug-likeness (QED) is 0.866. The third kappa shape index (κ3) is 3.19. The van der Waals surface area contributed by atoms with Gasteiger partial charge in [-0.15, -0.1) is 11.3 Å². The van der Waals surface area contributed by atoms with E-state index in [1.165, 1.54) is 11.3 Å². The first-order valence-electron chi connectivity index (χ1n) is 6.20. The summed E-state index contributed by atoms with van der Waals surface area (Å²) in [6.45, 7) is 4.08. The molecule has 0 aromatic carbocycles. The molecule has 1 unspecified atom stereocenters. The van der Waals surface area contributed by atoms with Crippen LogP contribution in [0.25, 0.3) is 0 Å². The van der Waals surface area contributed by atoms with E-state index >= 15 is 0 Å². The first kappa shape index (κ1) is 12.4. The van der Waals surface area contributed by atoms with E-state index in [0.717, 1.165) is 24.3 Å². The molecule has 2 rings (SSSR count). The maximum Gasteiger partial charge on any atom is 0.315 e. The molecule has 1 aromatic rings. The highest BCUT2D eigenvalue weighted by molar-refractivity contribution is 7.11. The third-order valence-corrected chi connectivity index (χ3v) is 4.40. The Bertz CT molecular complexity index is 387. The highest BCUT2D eigenvalue weighted by atomic mass is 32.1. The molecule has 0 bridgehead atoms. The summed E-state index contributed by atoms with van der Waals surface area (Å²) in [5, 5.41) is 6.87. The fraction of sp³-hybridized carbons (Fsp3) is 0.667. The summed E-state index contributed by atoms with van der Waals surface area (Å²) in [4.78, 5) is 17.2.